The summed E-state index contributed by atoms with van der Waals surface area (Å²) in [6.45, 7) is 19.0. The molecule has 3 fully saturated rings. The summed E-state index contributed by atoms with van der Waals surface area (Å²) in [5.41, 5.74) is 5.39. The first kappa shape index (κ1) is 25.8. The predicted molar refractivity (Wildman–Crippen MR) is 150 cm³/mol. The minimum atomic E-state index is 0.310. The monoisotopic (exact) mass is 489 g/mol. The number of hydrogen-bond acceptors (Lipinski definition) is 4. The highest BCUT2D eigenvalue weighted by molar-refractivity contribution is 5.34. The van der Waals surface area contributed by atoms with Gasteiger partial charge in [0.05, 0.1) is 7.11 Å². The van der Waals surface area contributed by atoms with E-state index in [4.69, 9.17) is 4.74 Å². The molecule has 1 saturated carbocycles. The lowest BCUT2D eigenvalue weighted by Crippen LogP contribution is -2.70. The van der Waals surface area contributed by atoms with Gasteiger partial charge in [0.15, 0.2) is 0 Å². The van der Waals surface area contributed by atoms with E-state index in [-0.39, 0.29) is 0 Å². The molecule has 2 saturated heterocycles. The second kappa shape index (κ2) is 10.1. The van der Waals surface area contributed by atoms with E-state index in [1.54, 1.807) is 12.7 Å². The molecule has 0 N–H and O–H groups in total. The van der Waals surface area contributed by atoms with Gasteiger partial charge in [0.2, 0.25) is 0 Å². The van der Waals surface area contributed by atoms with E-state index in [2.05, 4.69) is 97.8 Å². The lowest BCUT2D eigenvalue weighted by atomic mass is 9.59. The van der Waals surface area contributed by atoms with Crippen LogP contribution in [0.15, 0.2) is 48.5 Å². The van der Waals surface area contributed by atoms with Crippen LogP contribution in [0.1, 0.15) is 76.1 Å². The van der Waals surface area contributed by atoms with Crippen molar-refractivity contribution in [1.29, 1.82) is 0 Å². The van der Waals surface area contributed by atoms with E-state index in [1.165, 1.54) is 50.1 Å². The first-order chi connectivity index (χ1) is 17.2. The Hall–Kier alpha value is -1.88. The van der Waals surface area contributed by atoms with Crippen LogP contribution < -0.4 is 4.74 Å². The quantitative estimate of drug-likeness (QED) is 0.476. The van der Waals surface area contributed by atoms with Crippen molar-refractivity contribution in [3.8, 4) is 5.75 Å². The van der Waals surface area contributed by atoms with Crippen LogP contribution in [0.3, 0.4) is 0 Å². The lowest BCUT2D eigenvalue weighted by Gasteiger charge is -2.65. The highest BCUT2D eigenvalue weighted by Gasteiger charge is 2.56. The zero-order valence-electron chi connectivity index (χ0n) is 23.5. The summed E-state index contributed by atoms with van der Waals surface area (Å²) in [4.78, 5) is 8.28. The van der Waals surface area contributed by atoms with Gasteiger partial charge in [-0.05, 0) is 80.2 Å². The van der Waals surface area contributed by atoms with E-state index in [0.29, 0.717) is 22.9 Å². The van der Waals surface area contributed by atoms with Crippen LogP contribution in [-0.2, 0) is 6.42 Å². The maximum Gasteiger partial charge on any atom is 0.118 e. The lowest BCUT2D eigenvalue weighted by molar-refractivity contribution is -0.151. The molecule has 1 atom stereocenters. The zero-order chi connectivity index (χ0) is 25.5. The van der Waals surface area contributed by atoms with E-state index in [1.807, 2.05) is 0 Å². The molecule has 0 amide bonds. The smallest absolute Gasteiger partial charge is 0.118 e. The molecule has 0 aromatic heterocycles. The second-order valence-electron chi connectivity index (χ2n) is 13.0. The normalized spacial score (nSPS) is 23.6. The fraction of sp³-hybridized carbons (Fsp3) is 0.625. The van der Waals surface area contributed by atoms with Gasteiger partial charge < -0.3 is 4.74 Å². The highest BCUT2D eigenvalue weighted by atomic mass is 16.5. The van der Waals surface area contributed by atoms with Crippen LogP contribution in [0.4, 0.5) is 0 Å². The van der Waals surface area contributed by atoms with Crippen LogP contribution in [0.5, 0.6) is 5.75 Å². The second-order valence-corrected chi connectivity index (χ2v) is 13.0. The van der Waals surface area contributed by atoms with Crippen molar-refractivity contribution in [1.82, 2.24) is 14.7 Å². The summed E-state index contributed by atoms with van der Waals surface area (Å²) in [5.74, 6) is 1.49. The fourth-order valence-corrected chi connectivity index (χ4v) is 6.86. The van der Waals surface area contributed by atoms with Gasteiger partial charge in [0.25, 0.3) is 0 Å². The third kappa shape index (κ3) is 5.23. The molecule has 0 radical (unpaired) electrons. The molecule has 1 unspecified atom stereocenters. The topological polar surface area (TPSA) is 19.0 Å². The van der Waals surface area contributed by atoms with Crippen LogP contribution in [0, 0.1) is 5.41 Å². The third-order valence-corrected chi connectivity index (χ3v) is 9.17. The van der Waals surface area contributed by atoms with Gasteiger partial charge in [0.1, 0.15) is 5.75 Å². The Labute approximate surface area is 219 Å². The summed E-state index contributed by atoms with van der Waals surface area (Å²) in [5, 5.41) is 0. The van der Waals surface area contributed by atoms with Gasteiger partial charge in [-0.2, -0.15) is 0 Å². The van der Waals surface area contributed by atoms with Crippen molar-refractivity contribution in [2.45, 2.75) is 77.4 Å². The Kier molecular flexibility index (Phi) is 7.24. The molecule has 36 heavy (non-hydrogen) atoms. The number of rotatable bonds is 7. The number of hydrogen-bond donors (Lipinski definition) is 0. The van der Waals surface area contributed by atoms with E-state index in [9.17, 15) is 0 Å². The molecule has 2 aromatic carbocycles. The Morgan fingerprint density at radius 1 is 0.972 bits per heavy atom. The first-order valence-electron chi connectivity index (χ1n) is 14.1. The molecule has 3 aliphatic rings. The third-order valence-electron chi connectivity index (χ3n) is 9.17. The van der Waals surface area contributed by atoms with Crippen LogP contribution in [-0.4, -0.2) is 72.7 Å². The molecule has 2 heterocycles. The van der Waals surface area contributed by atoms with Gasteiger partial charge in [0, 0.05) is 56.9 Å². The van der Waals surface area contributed by atoms with Crippen molar-refractivity contribution >= 4 is 0 Å². The van der Waals surface area contributed by atoms with Crippen molar-refractivity contribution in [3.63, 3.8) is 0 Å². The Morgan fingerprint density at radius 3 is 2.31 bits per heavy atom. The molecule has 4 nitrogen and oxygen atoms in total. The molecule has 4 heteroatoms. The molecule has 5 rings (SSSR count). The van der Waals surface area contributed by atoms with Gasteiger partial charge in [-0.25, -0.2) is 0 Å². The molecule has 1 spiro atoms. The summed E-state index contributed by atoms with van der Waals surface area (Å²) < 4.78 is 5.34. The number of benzene rings is 2. The first-order valence-corrected chi connectivity index (χ1v) is 14.1. The van der Waals surface area contributed by atoms with Crippen LogP contribution >= 0.6 is 0 Å². The fourth-order valence-electron chi connectivity index (χ4n) is 6.86. The van der Waals surface area contributed by atoms with Gasteiger partial charge >= 0.3 is 0 Å². The average Bonchev–Trinajstić information content (AvgIpc) is 2.81. The molecular formula is C32H47N3O. The highest BCUT2D eigenvalue weighted by Crippen LogP contribution is 2.53. The summed E-state index contributed by atoms with van der Waals surface area (Å²) in [7, 11) is 1.74. The van der Waals surface area contributed by atoms with Gasteiger partial charge in [-0.1, -0.05) is 50.2 Å². The number of methoxy groups -OCH3 is 1. The largest absolute Gasteiger partial charge is 0.497 e. The molecule has 2 aromatic rings. The molecule has 1 aliphatic carbocycles. The molecular weight excluding hydrogens is 442 g/mol. The Morgan fingerprint density at radius 2 is 1.67 bits per heavy atom. The van der Waals surface area contributed by atoms with Crippen molar-refractivity contribution in [2.24, 2.45) is 5.41 Å². The van der Waals surface area contributed by atoms with Crippen molar-refractivity contribution in [3.05, 3.63) is 65.2 Å². The van der Waals surface area contributed by atoms with Crippen LogP contribution in [0.2, 0.25) is 0 Å². The van der Waals surface area contributed by atoms with E-state index >= 15 is 0 Å². The number of ether oxygens (including phenoxy) is 1. The summed E-state index contributed by atoms with van der Waals surface area (Å²) in [6, 6.07) is 19.1. The van der Waals surface area contributed by atoms with Crippen molar-refractivity contribution < 1.29 is 4.74 Å². The maximum absolute atomic E-state index is 5.34. The van der Waals surface area contributed by atoms with E-state index < -0.39 is 0 Å². The molecule has 196 valence electrons. The standard InChI is InChI=1S/C32H47N3O/c1-24(2)28-9-7-8-10-29(28)30-21-33(16-15-25-11-13-27(36-6)14-12-25)17-18-35(30)26-19-32(20-26)22-34(23-32)31(3,4)5/h7-14,24,26,30H,15-23H2,1-6H3. The Balaban J connectivity index is 1.28. The number of likely N-dealkylation sites (tertiary alicyclic amines) is 1. The molecule has 0 bridgehead atoms. The number of piperazine rings is 1. The Bertz CT molecular complexity index is 1010. The minimum absolute atomic E-state index is 0.310. The predicted octanol–water partition coefficient (Wildman–Crippen LogP) is 5.98. The van der Waals surface area contributed by atoms with Gasteiger partial charge in [-0.3, -0.25) is 14.7 Å². The maximum atomic E-state index is 5.34. The summed E-state index contributed by atoms with van der Waals surface area (Å²) in [6.07, 6.45) is 3.86. The van der Waals surface area contributed by atoms with Crippen molar-refractivity contribution in [2.75, 3.05) is 46.4 Å². The summed E-state index contributed by atoms with van der Waals surface area (Å²) >= 11 is 0. The van der Waals surface area contributed by atoms with Crippen LogP contribution in [0.25, 0.3) is 0 Å². The zero-order valence-corrected chi connectivity index (χ0v) is 23.5. The van der Waals surface area contributed by atoms with E-state index in [0.717, 1.165) is 31.3 Å². The minimum Gasteiger partial charge on any atom is -0.497 e. The van der Waals surface area contributed by atoms with Gasteiger partial charge in [-0.15, -0.1) is 0 Å². The molecule has 2 aliphatic heterocycles. The average molecular weight is 490 g/mol. The SMILES string of the molecule is COc1ccc(CCN2CCN(C3CC4(C3)CN(C(C)(C)C)C4)C(c3ccccc3C(C)C)C2)cc1. The number of nitrogens with zero attached hydrogens (tertiary/aromatic N) is 3.